The van der Waals surface area contributed by atoms with E-state index in [2.05, 4.69) is 11.1 Å². The summed E-state index contributed by atoms with van der Waals surface area (Å²) >= 11 is 0. The van der Waals surface area contributed by atoms with E-state index in [0.717, 1.165) is 0 Å². The molecule has 0 aromatic heterocycles. The van der Waals surface area contributed by atoms with Crippen molar-refractivity contribution in [1.29, 1.82) is 0 Å². The summed E-state index contributed by atoms with van der Waals surface area (Å²) in [5.74, 6) is -0.442. The standard InChI is InChI=1S/C19H37O10P/c1-13(2)19(20)28-11-17(6)26-9-15(4)24-8-14(3)25-10-16(5)27-12-18(7)29-30(21,22)23/h14-18H,1,8-12H2,2-7H3,(H2,21,22,23). The Balaban J connectivity index is 3.88. The van der Waals surface area contributed by atoms with Gasteiger partial charge in [0.05, 0.1) is 56.9 Å². The molecule has 0 heterocycles. The molecule has 5 atom stereocenters. The van der Waals surface area contributed by atoms with Gasteiger partial charge in [-0.25, -0.2) is 9.36 Å². The van der Waals surface area contributed by atoms with Crippen LogP contribution in [0.3, 0.4) is 0 Å². The largest absolute Gasteiger partial charge is 0.469 e. The van der Waals surface area contributed by atoms with E-state index in [0.29, 0.717) is 25.4 Å². The zero-order valence-electron chi connectivity index (χ0n) is 18.7. The molecule has 0 aromatic rings. The smallest absolute Gasteiger partial charge is 0.460 e. The Morgan fingerprint density at radius 1 is 0.767 bits per heavy atom. The van der Waals surface area contributed by atoms with E-state index in [9.17, 15) is 9.36 Å². The van der Waals surface area contributed by atoms with Gasteiger partial charge in [-0.2, -0.15) is 0 Å². The van der Waals surface area contributed by atoms with Gasteiger partial charge in [-0.05, 0) is 41.5 Å². The van der Waals surface area contributed by atoms with Crippen LogP contribution in [0.15, 0.2) is 12.2 Å². The number of rotatable bonds is 17. The van der Waals surface area contributed by atoms with Gasteiger partial charge in [0.1, 0.15) is 6.61 Å². The Hall–Kier alpha value is -0.840. The SMILES string of the molecule is C=C(C)C(=O)OCC(C)OCC(C)OCC(C)OCC(C)OCC(C)OP(=O)(O)O. The summed E-state index contributed by atoms with van der Waals surface area (Å²) in [5, 5.41) is 0. The Labute approximate surface area is 179 Å². The third-order valence-corrected chi connectivity index (χ3v) is 4.21. The molecule has 0 aliphatic carbocycles. The average molecular weight is 456 g/mol. The fraction of sp³-hybridized carbons (Fsp3) is 0.842. The van der Waals surface area contributed by atoms with E-state index in [1.807, 2.05) is 13.8 Å². The number of esters is 1. The first-order valence-electron chi connectivity index (χ1n) is 9.83. The molecule has 10 nitrogen and oxygen atoms in total. The maximum Gasteiger partial charge on any atom is 0.469 e. The number of phosphoric ester groups is 1. The van der Waals surface area contributed by atoms with E-state index in [-0.39, 0.29) is 37.6 Å². The number of hydrogen-bond acceptors (Lipinski definition) is 8. The highest BCUT2D eigenvalue weighted by molar-refractivity contribution is 7.46. The second-order valence-electron chi connectivity index (χ2n) is 7.36. The van der Waals surface area contributed by atoms with Crippen molar-refractivity contribution < 1.29 is 47.4 Å². The average Bonchev–Trinajstić information content (AvgIpc) is 2.63. The molecule has 0 saturated carbocycles. The fourth-order valence-electron chi connectivity index (χ4n) is 1.97. The van der Waals surface area contributed by atoms with Crippen molar-refractivity contribution in [1.82, 2.24) is 0 Å². The van der Waals surface area contributed by atoms with Gasteiger partial charge in [0, 0.05) is 5.57 Å². The molecular weight excluding hydrogens is 419 g/mol. The van der Waals surface area contributed by atoms with Crippen LogP contribution in [0.1, 0.15) is 41.5 Å². The highest BCUT2D eigenvalue weighted by atomic mass is 31.2. The summed E-state index contributed by atoms with van der Waals surface area (Å²) in [6, 6.07) is 0. The summed E-state index contributed by atoms with van der Waals surface area (Å²) in [6.07, 6.45) is -1.63. The van der Waals surface area contributed by atoms with Gasteiger partial charge in [0.2, 0.25) is 0 Å². The van der Waals surface area contributed by atoms with E-state index in [1.165, 1.54) is 6.92 Å². The maximum absolute atomic E-state index is 11.3. The van der Waals surface area contributed by atoms with E-state index in [1.54, 1.807) is 20.8 Å². The van der Waals surface area contributed by atoms with Crippen LogP contribution in [0.5, 0.6) is 0 Å². The van der Waals surface area contributed by atoms with Crippen LogP contribution in [0.2, 0.25) is 0 Å². The predicted octanol–water partition coefficient (Wildman–Crippen LogP) is 2.22. The lowest BCUT2D eigenvalue weighted by atomic mass is 10.3. The van der Waals surface area contributed by atoms with Crippen LogP contribution in [0.4, 0.5) is 0 Å². The molecule has 0 aliphatic rings. The summed E-state index contributed by atoms with van der Waals surface area (Å²) in [6.45, 7) is 15.1. The first-order chi connectivity index (χ1) is 13.8. The van der Waals surface area contributed by atoms with Gasteiger partial charge in [-0.1, -0.05) is 6.58 Å². The van der Waals surface area contributed by atoms with Crippen LogP contribution in [-0.4, -0.2) is 79.3 Å². The molecule has 0 radical (unpaired) electrons. The summed E-state index contributed by atoms with van der Waals surface area (Å²) in [4.78, 5) is 28.8. The number of phosphoric acid groups is 1. The van der Waals surface area contributed by atoms with Gasteiger partial charge in [-0.15, -0.1) is 0 Å². The molecule has 0 aromatic carbocycles. The van der Waals surface area contributed by atoms with Crippen molar-refractivity contribution in [2.45, 2.75) is 72.1 Å². The lowest BCUT2D eigenvalue weighted by Gasteiger charge is -2.22. The topological polar surface area (TPSA) is 130 Å². The van der Waals surface area contributed by atoms with Gasteiger partial charge >= 0.3 is 13.8 Å². The quantitative estimate of drug-likeness (QED) is 0.191. The molecule has 0 rings (SSSR count). The highest BCUT2D eigenvalue weighted by Crippen LogP contribution is 2.37. The molecule has 11 heteroatoms. The van der Waals surface area contributed by atoms with Crippen molar-refractivity contribution in [3.8, 4) is 0 Å². The summed E-state index contributed by atoms with van der Waals surface area (Å²) in [7, 11) is -4.52. The summed E-state index contributed by atoms with van der Waals surface area (Å²) in [5.41, 5.74) is 0.344. The lowest BCUT2D eigenvalue weighted by molar-refractivity contribution is -0.144. The van der Waals surface area contributed by atoms with E-state index < -0.39 is 19.9 Å². The number of hydrogen-bond donors (Lipinski definition) is 2. The van der Waals surface area contributed by atoms with Crippen LogP contribution in [-0.2, 0) is 37.6 Å². The molecular formula is C19H37O10P. The molecule has 30 heavy (non-hydrogen) atoms. The fourth-order valence-corrected chi connectivity index (χ4v) is 2.50. The van der Waals surface area contributed by atoms with Crippen LogP contribution >= 0.6 is 7.82 Å². The Morgan fingerprint density at radius 3 is 1.43 bits per heavy atom. The Morgan fingerprint density at radius 2 is 1.10 bits per heavy atom. The second kappa shape index (κ2) is 15.0. The maximum atomic E-state index is 11.3. The first kappa shape index (κ1) is 29.2. The minimum atomic E-state index is -4.52. The molecule has 0 bridgehead atoms. The monoisotopic (exact) mass is 456 g/mol. The van der Waals surface area contributed by atoms with E-state index in [4.69, 9.17) is 33.5 Å². The number of carbonyl (C=O) groups is 1. The Kier molecular flexibility index (Phi) is 14.6. The van der Waals surface area contributed by atoms with Crippen molar-refractivity contribution >= 4 is 13.8 Å². The molecule has 0 aliphatic heterocycles. The molecule has 0 spiro atoms. The van der Waals surface area contributed by atoms with Crippen molar-refractivity contribution in [2.75, 3.05) is 33.0 Å². The van der Waals surface area contributed by atoms with Crippen molar-refractivity contribution in [3.63, 3.8) is 0 Å². The molecule has 0 saturated heterocycles. The van der Waals surface area contributed by atoms with Gasteiger partial charge in [0.25, 0.3) is 0 Å². The van der Waals surface area contributed by atoms with Gasteiger partial charge in [-0.3, -0.25) is 4.52 Å². The molecule has 2 N–H and O–H groups in total. The second-order valence-corrected chi connectivity index (χ2v) is 8.55. The lowest BCUT2D eigenvalue weighted by Crippen LogP contribution is -2.29. The number of ether oxygens (including phenoxy) is 5. The van der Waals surface area contributed by atoms with Crippen LogP contribution in [0, 0.1) is 0 Å². The van der Waals surface area contributed by atoms with Crippen LogP contribution < -0.4 is 0 Å². The minimum absolute atomic E-state index is 0.0365. The molecule has 178 valence electrons. The minimum Gasteiger partial charge on any atom is -0.460 e. The Bertz CT molecular complexity index is 549. The summed E-state index contributed by atoms with van der Waals surface area (Å²) < 4.78 is 42.6. The van der Waals surface area contributed by atoms with Crippen molar-refractivity contribution in [3.05, 3.63) is 12.2 Å². The molecule has 5 unspecified atom stereocenters. The number of carbonyl (C=O) groups excluding carboxylic acids is 1. The normalized spacial score (nSPS) is 17.1. The van der Waals surface area contributed by atoms with Crippen LogP contribution in [0.25, 0.3) is 0 Å². The molecule has 0 amide bonds. The van der Waals surface area contributed by atoms with Crippen molar-refractivity contribution in [2.24, 2.45) is 0 Å². The third-order valence-electron chi connectivity index (χ3n) is 3.58. The third kappa shape index (κ3) is 16.9. The van der Waals surface area contributed by atoms with E-state index >= 15 is 0 Å². The zero-order valence-corrected chi connectivity index (χ0v) is 19.6. The zero-order chi connectivity index (χ0) is 23.3. The first-order valence-corrected chi connectivity index (χ1v) is 11.4. The predicted molar refractivity (Wildman–Crippen MR) is 110 cm³/mol. The molecule has 0 fully saturated rings. The van der Waals surface area contributed by atoms with Gasteiger partial charge in [0.15, 0.2) is 0 Å². The van der Waals surface area contributed by atoms with Gasteiger partial charge < -0.3 is 33.5 Å². The highest BCUT2D eigenvalue weighted by Gasteiger charge is 2.20.